The van der Waals surface area contributed by atoms with Crippen LogP contribution in [-0.4, -0.2) is 18.6 Å². The number of benzene rings is 2. The van der Waals surface area contributed by atoms with Crippen LogP contribution >= 0.6 is 0 Å². The van der Waals surface area contributed by atoms with Crippen LogP contribution in [0.25, 0.3) is 0 Å². The van der Waals surface area contributed by atoms with Crippen molar-refractivity contribution in [2.24, 2.45) is 0 Å². The Morgan fingerprint density at radius 3 is 1.62 bits per heavy atom. The first-order chi connectivity index (χ1) is 12.2. The molecule has 0 aliphatic carbocycles. The van der Waals surface area contributed by atoms with E-state index < -0.39 is 11.6 Å². The first kappa shape index (κ1) is 16.9. The predicted molar refractivity (Wildman–Crippen MR) is 92.8 cm³/mol. The largest absolute Gasteiger partial charge is 0.469 e. The molecule has 0 spiro atoms. The number of anilines is 2. The molecule has 2 atom stereocenters. The SMILES string of the molecule is CC1Nc2cc(C(C)(c3ccc4c(c3)NC(C)O4)C(F)(F)F)ccc2O1. The molecule has 0 fully saturated rings. The molecule has 4 nitrogen and oxygen atoms in total. The van der Waals surface area contributed by atoms with Gasteiger partial charge in [0.15, 0.2) is 12.5 Å². The number of halogens is 3. The highest BCUT2D eigenvalue weighted by molar-refractivity contribution is 5.66. The number of nitrogens with one attached hydrogen (secondary N) is 2. The molecule has 2 aromatic rings. The molecule has 4 rings (SSSR count). The number of fused-ring (bicyclic) bond motifs is 2. The van der Waals surface area contributed by atoms with E-state index in [4.69, 9.17) is 9.47 Å². The Morgan fingerprint density at radius 2 is 1.23 bits per heavy atom. The van der Waals surface area contributed by atoms with Gasteiger partial charge in [-0.25, -0.2) is 0 Å². The molecular formula is C19H19F3N2O2. The van der Waals surface area contributed by atoms with Crippen molar-refractivity contribution in [1.29, 1.82) is 0 Å². The fraction of sp³-hybridized carbons (Fsp3) is 0.368. The number of hydrogen-bond acceptors (Lipinski definition) is 4. The van der Waals surface area contributed by atoms with Crippen LogP contribution in [-0.2, 0) is 5.41 Å². The van der Waals surface area contributed by atoms with Crippen LogP contribution in [0.4, 0.5) is 24.5 Å². The van der Waals surface area contributed by atoms with Crippen LogP contribution < -0.4 is 20.1 Å². The summed E-state index contributed by atoms with van der Waals surface area (Å²) >= 11 is 0. The third kappa shape index (κ3) is 2.45. The summed E-state index contributed by atoms with van der Waals surface area (Å²) in [5.74, 6) is 1.12. The first-order valence-electron chi connectivity index (χ1n) is 8.40. The van der Waals surface area contributed by atoms with Crippen molar-refractivity contribution in [1.82, 2.24) is 0 Å². The predicted octanol–water partition coefficient (Wildman–Crippen LogP) is 4.86. The fourth-order valence-electron chi connectivity index (χ4n) is 3.48. The summed E-state index contributed by atoms with van der Waals surface area (Å²) in [6.07, 6.45) is -5.01. The molecule has 2 aromatic carbocycles. The zero-order chi connectivity index (χ0) is 18.7. The monoisotopic (exact) mass is 364 g/mol. The van der Waals surface area contributed by atoms with E-state index in [-0.39, 0.29) is 23.6 Å². The van der Waals surface area contributed by atoms with Crippen molar-refractivity contribution in [3.05, 3.63) is 47.5 Å². The van der Waals surface area contributed by atoms with Gasteiger partial charge in [0.1, 0.15) is 16.9 Å². The van der Waals surface area contributed by atoms with Gasteiger partial charge in [0.2, 0.25) is 0 Å². The Balaban J connectivity index is 1.83. The van der Waals surface area contributed by atoms with E-state index in [0.29, 0.717) is 22.9 Å². The number of ether oxygens (including phenoxy) is 2. The maximum Gasteiger partial charge on any atom is 0.402 e. The molecular weight excluding hydrogens is 345 g/mol. The second-order valence-corrected chi connectivity index (χ2v) is 6.85. The van der Waals surface area contributed by atoms with Crippen LogP contribution in [0.1, 0.15) is 31.9 Å². The average molecular weight is 364 g/mol. The standard InChI is InChI=1S/C19H19F3N2O2/c1-10-23-14-8-12(4-6-16(14)25-10)18(3,19(20,21)22)13-5-7-17-15(9-13)24-11(2)26-17/h4-11,23-24H,1-3H3. The quantitative estimate of drug-likeness (QED) is 0.799. The van der Waals surface area contributed by atoms with E-state index in [2.05, 4.69) is 10.6 Å². The zero-order valence-electron chi connectivity index (χ0n) is 14.6. The highest BCUT2D eigenvalue weighted by Crippen LogP contribution is 2.49. The van der Waals surface area contributed by atoms with Gasteiger partial charge in [0.25, 0.3) is 0 Å². The molecule has 0 saturated carbocycles. The highest BCUT2D eigenvalue weighted by Gasteiger charge is 2.54. The Bertz CT molecular complexity index is 805. The lowest BCUT2D eigenvalue weighted by Crippen LogP contribution is -2.40. The normalized spacial score (nSPS) is 23.0. The smallest absolute Gasteiger partial charge is 0.402 e. The van der Waals surface area contributed by atoms with Gasteiger partial charge >= 0.3 is 6.18 Å². The molecule has 138 valence electrons. The lowest BCUT2D eigenvalue weighted by molar-refractivity contribution is -0.173. The molecule has 0 aromatic heterocycles. The van der Waals surface area contributed by atoms with Crippen LogP contribution in [0.5, 0.6) is 11.5 Å². The molecule has 2 aliphatic rings. The van der Waals surface area contributed by atoms with Gasteiger partial charge in [0, 0.05) is 0 Å². The molecule has 7 heteroatoms. The van der Waals surface area contributed by atoms with Gasteiger partial charge in [-0.05, 0) is 56.2 Å². The molecule has 0 bridgehead atoms. The summed E-state index contributed by atoms with van der Waals surface area (Å²) in [7, 11) is 0. The minimum absolute atomic E-state index is 0.154. The number of hydrogen-bond donors (Lipinski definition) is 2. The van der Waals surface area contributed by atoms with Crippen molar-refractivity contribution in [2.75, 3.05) is 10.6 Å². The summed E-state index contributed by atoms with van der Waals surface area (Å²) in [5.41, 5.74) is -0.719. The van der Waals surface area contributed by atoms with Gasteiger partial charge in [-0.15, -0.1) is 0 Å². The molecule has 0 radical (unpaired) electrons. The van der Waals surface area contributed by atoms with Gasteiger partial charge < -0.3 is 20.1 Å². The zero-order valence-corrected chi connectivity index (χ0v) is 14.6. The van der Waals surface area contributed by atoms with E-state index in [9.17, 15) is 13.2 Å². The Labute approximate surface area is 149 Å². The summed E-state index contributed by atoms with van der Waals surface area (Å²) < 4.78 is 53.7. The minimum atomic E-state index is -4.48. The van der Waals surface area contributed by atoms with E-state index in [1.54, 1.807) is 26.0 Å². The van der Waals surface area contributed by atoms with E-state index in [0.717, 1.165) is 0 Å². The minimum Gasteiger partial charge on any atom is -0.469 e. The van der Waals surface area contributed by atoms with Crippen LogP contribution in [0, 0.1) is 0 Å². The molecule has 2 heterocycles. The van der Waals surface area contributed by atoms with Crippen LogP contribution in [0.15, 0.2) is 36.4 Å². The van der Waals surface area contributed by atoms with Crippen molar-refractivity contribution in [3.8, 4) is 11.5 Å². The lowest BCUT2D eigenvalue weighted by Gasteiger charge is -2.33. The van der Waals surface area contributed by atoms with Gasteiger partial charge in [-0.3, -0.25) is 0 Å². The maximum atomic E-state index is 14.2. The average Bonchev–Trinajstić information content (AvgIpc) is 3.11. The molecule has 2 aliphatic heterocycles. The summed E-state index contributed by atoms with van der Waals surface area (Å²) in [4.78, 5) is 0. The second kappa shape index (κ2) is 5.46. The molecule has 2 unspecified atom stereocenters. The van der Waals surface area contributed by atoms with Crippen LogP contribution in [0.2, 0.25) is 0 Å². The molecule has 0 amide bonds. The first-order valence-corrected chi connectivity index (χ1v) is 8.40. The van der Waals surface area contributed by atoms with Crippen LogP contribution in [0.3, 0.4) is 0 Å². The Hall–Kier alpha value is -2.57. The van der Waals surface area contributed by atoms with E-state index in [1.165, 1.54) is 31.2 Å². The molecule has 2 N–H and O–H groups in total. The summed E-state index contributed by atoms with van der Waals surface area (Å²) in [6, 6.07) is 9.17. The van der Waals surface area contributed by atoms with E-state index >= 15 is 0 Å². The fourth-order valence-corrected chi connectivity index (χ4v) is 3.48. The summed E-state index contributed by atoms with van der Waals surface area (Å²) in [6.45, 7) is 4.81. The van der Waals surface area contributed by atoms with Gasteiger partial charge in [-0.2, -0.15) is 13.2 Å². The van der Waals surface area contributed by atoms with Crippen molar-refractivity contribution in [3.63, 3.8) is 0 Å². The number of alkyl halides is 3. The Kier molecular flexibility index (Phi) is 3.54. The van der Waals surface area contributed by atoms with Gasteiger partial charge in [0.05, 0.1) is 11.4 Å². The van der Waals surface area contributed by atoms with Gasteiger partial charge in [-0.1, -0.05) is 12.1 Å². The molecule has 0 saturated heterocycles. The van der Waals surface area contributed by atoms with Crippen molar-refractivity contribution >= 4 is 11.4 Å². The van der Waals surface area contributed by atoms with Crippen molar-refractivity contribution in [2.45, 2.75) is 44.8 Å². The highest BCUT2D eigenvalue weighted by atomic mass is 19.4. The second-order valence-electron chi connectivity index (χ2n) is 6.85. The third-order valence-electron chi connectivity index (χ3n) is 5.01. The topological polar surface area (TPSA) is 42.5 Å². The van der Waals surface area contributed by atoms with E-state index in [1.807, 2.05) is 0 Å². The maximum absolute atomic E-state index is 14.2. The van der Waals surface area contributed by atoms with Crippen molar-refractivity contribution < 1.29 is 22.6 Å². The number of rotatable bonds is 2. The summed E-state index contributed by atoms with van der Waals surface area (Å²) in [5, 5.41) is 6.08. The third-order valence-corrected chi connectivity index (χ3v) is 5.01. The molecule has 26 heavy (non-hydrogen) atoms. The Morgan fingerprint density at radius 1 is 0.808 bits per heavy atom. The lowest BCUT2D eigenvalue weighted by atomic mass is 9.75.